The monoisotopic (exact) mass is 660 g/mol. The van der Waals surface area contributed by atoms with E-state index in [1.807, 2.05) is 65.8 Å². The molecule has 1 aliphatic carbocycles. The second-order valence-corrected chi connectivity index (χ2v) is 16.1. The average molecular weight is 661 g/mol. The first-order chi connectivity index (χ1) is 21.9. The SMILES string of the molecule is CCOC(=O)C1=C(Oc2ccc(C(C)(C)C)cc2C(C)(C)C)C(=O)C(C(=O)OCC)=C(Oc2ccc(C(C)(C)C)cc2C(C)(C)C)C1=O. The summed E-state index contributed by atoms with van der Waals surface area (Å²) in [5.74, 6) is -4.91. The molecule has 0 radical (unpaired) electrons. The number of allylic oxidation sites excluding steroid dienone is 2. The van der Waals surface area contributed by atoms with Gasteiger partial charge < -0.3 is 18.9 Å². The van der Waals surface area contributed by atoms with E-state index in [2.05, 4.69) is 41.5 Å². The van der Waals surface area contributed by atoms with E-state index in [9.17, 15) is 19.2 Å². The molecule has 0 bridgehead atoms. The predicted molar refractivity (Wildman–Crippen MR) is 186 cm³/mol. The van der Waals surface area contributed by atoms with Crippen LogP contribution in [-0.2, 0) is 50.3 Å². The van der Waals surface area contributed by atoms with E-state index in [0.717, 1.165) is 22.3 Å². The van der Waals surface area contributed by atoms with Gasteiger partial charge in [-0.3, -0.25) is 9.59 Å². The molecule has 0 aromatic heterocycles. The van der Waals surface area contributed by atoms with Crippen LogP contribution in [0.15, 0.2) is 59.1 Å². The Morgan fingerprint density at radius 2 is 0.833 bits per heavy atom. The Balaban J connectivity index is 2.33. The largest absolute Gasteiger partial charge is 0.462 e. The highest BCUT2D eigenvalue weighted by atomic mass is 16.5. The summed E-state index contributed by atoms with van der Waals surface area (Å²) >= 11 is 0. The fraction of sp³-hybridized carbons (Fsp3) is 0.500. The lowest BCUT2D eigenvalue weighted by Crippen LogP contribution is -2.36. The Morgan fingerprint density at radius 1 is 0.521 bits per heavy atom. The third kappa shape index (κ3) is 8.26. The predicted octanol–water partition coefficient (Wildman–Crippen LogP) is 8.12. The summed E-state index contributed by atoms with van der Waals surface area (Å²) < 4.78 is 23.0. The van der Waals surface area contributed by atoms with E-state index in [-0.39, 0.29) is 35.5 Å². The molecule has 0 unspecified atom stereocenters. The molecule has 1 aliphatic rings. The number of rotatable bonds is 8. The van der Waals surface area contributed by atoms with Crippen LogP contribution in [0.2, 0.25) is 0 Å². The Labute approximate surface area is 285 Å². The summed E-state index contributed by atoms with van der Waals surface area (Å²) in [4.78, 5) is 55.7. The summed E-state index contributed by atoms with van der Waals surface area (Å²) in [5.41, 5.74) is 0.925. The summed E-state index contributed by atoms with van der Waals surface area (Å²) in [5, 5.41) is 0. The average Bonchev–Trinajstić information content (AvgIpc) is 2.94. The van der Waals surface area contributed by atoms with E-state index in [1.165, 1.54) is 0 Å². The van der Waals surface area contributed by atoms with Crippen LogP contribution in [0.25, 0.3) is 0 Å². The van der Waals surface area contributed by atoms with E-state index < -0.39 is 57.0 Å². The van der Waals surface area contributed by atoms with Crippen molar-refractivity contribution in [3.8, 4) is 11.5 Å². The van der Waals surface area contributed by atoms with Gasteiger partial charge in [0.05, 0.1) is 13.2 Å². The molecule has 8 heteroatoms. The number of carbonyl (C=O) groups excluding carboxylic acids is 4. The molecule has 0 saturated carbocycles. The molecule has 0 amide bonds. The van der Waals surface area contributed by atoms with Gasteiger partial charge in [-0.25, -0.2) is 9.59 Å². The fourth-order valence-electron chi connectivity index (χ4n) is 5.20. The normalized spacial score (nSPS) is 14.7. The van der Waals surface area contributed by atoms with Crippen LogP contribution in [-0.4, -0.2) is 36.7 Å². The summed E-state index contributed by atoms with van der Waals surface area (Å²) in [6, 6.07) is 11.1. The first kappa shape index (κ1) is 38.2. The van der Waals surface area contributed by atoms with E-state index in [4.69, 9.17) is 18.9 Å². The summed E-state index contributed by atoms with van der Waals surface area (Å²) in [6.45, 7) is 27.5. The van der Waals surface area contributed by atoms with Crippen LogP contribution in [0, 0.1) is 0 Å². The number of Topliss-reactive ketones (excluding diaryl/α,β-unsaturated/α-hetero) is 2. The standard InChI is InChI=1S/C40H52O8/c1-15-45-35(43)29-31(41)34(48-28-20-18-24(38(6,7)8)22-26(28)40(12,13)14)30(36(44)46-16-2)32(42)33(29)47-27-19-17-23(37(3,4)5)21-25(27)39(9,10)11/h17-22H,15-16H2,1-14H3. The summed E-state index contributed by atoms with van der Waals surface area (Å²) in [6.07, 6.45) is 0. The van der Waals surface area contributed by atoms with Gasteiger partial charge in [0.2, 0.25) is 11.6 Å². The van der Waals surface area contributed by atoms with Gasteiger partial charge in [-0.15, -0.1) is 0 Å². The highest BCUT2D eigenvalue weighted by Crippen LogP contribution is 2.40. The van der Waals surface area contributed by atoms with Crippen LogP contribution in [0.4, 0.5) is 0 Å². The van der Waals surface area contributed by atoms with Crippen LogP contribution in [0.1, 0.15) is 119 Å². The molecule has 48 heavy (non-hydrogen) atoms. The molecular weight excluding hydrogens is 608 g/mol. The van der Waals surface area contributed by atoms with E-state index in [0.29, 0.717) is 0 Å². The van der Waals surface area contributed by atoms with E-state index in [1.54, 1.807) is 26.0 Å². The lowest BCUT2D eigenvalue weighted by Gasteiger charge is -2.29. The van der Waals surface area contributed by atoms with Crippen molar-refractivity contribution in [2.24, 2.45) is 0 Å². The van der Waals surface area contributed by atoms with Crippen molar-refractivity contribution in [1.29, 1.82) is 0 Å². The van der Waals surface area contributed by atoms with Crippen LogP contribution in [0.5, 0.6) is 11.5 Å². The molecule has 2 aromatic carbocycles. The molecule has 0 saturated heterocycles. The summed E-state index contributed by atoms with van der Waals surface area (Å²) in [7, 11) is 0. The molecule has 0 aliphatic heterocycles. The number of esters is 2. The quantitative estimate of drug-likeness (QED) is 0.159. The maximum atomic E-state index is 14.4. The zero-order chi connectivity index (χ0) is 36.6. The molecular formula is C40H52O8. The van der Waals surface area contributed by atoms with Crippen molar-refractivity contribution < 1.29 is 38.1 Å². The molecule has 0 spiro atoms. The Morgan fingerprint density at radius 3 is 1.08 bits per heavy atom. The molecule has 2 aromatic rings. The molecule has 0 atom stereocenters. The van der Waals surface area contributed by atoms with Crippen LogP contribution >= 0.6 is 0 Å². The van der Waals surface area contributed by atoms with Crippen LogP contribution < -0.4 is 9.47 Å². The number of hydrogen-bond acceptors (Lipinski definition) is 8. The minimum absolute atomic E-state index is 0.0717. The van der Waals surface area contributed by atoms with Gasteiger partial charge in [0.15, 0.2) is 22.7 Å². The lowest BCUT2D eigenvalue weighted by molar-refractivity contribution is -0.143. The zero-order valence-electron chi connectivity index (χ0n) is 31.1. The van der Waals surface area contributed by atoms with Gasteiger partial charge in [0.25, 0.3) is 0 Å². The third-order valence-electron chi connectivity index (χ3n) is 8.01. The maximum absolute atomic E-state index is 14.4. The molecule has 0 N–H and O–H groups in total. The van der Waals surface area contributed by atoms with Gasteiger partial charge in [0.1, 0.15) is 11.5 Å². The number of ether oxygens (including phenoxy) is 4. The number of carbonyl (C=O) groups is 4. The Kier molecular flexibility index (Phi) is 10.9. The maximum Gasteiger partial charge on any atom is 0.346 e. The topological polar surface area (TPSA) is 105 Å². The van der Waals surface area contributed by atoms with Gasteiger partial charge in [-0.1, -0.05) is 107 Å². The molecule has 260 valence electrons. The fourth-order valence-corrected chi connectivity index (χ4v) is 5.20. The first-order valence-electron chi connectivity index (χ1n) is 16.5. The third-order valence-corrected chi connectivity index (χ3v) is 8.01. The van der Waals surface area contributed by atoms with Crippen molar-refractivity contribution in [2.45, 2.75) is 119 Å². The minimum atomic E-state index is -1.07. The number of ketones is 2. The smallest absolute Gasteiger partial charge is 0.346 e. The highest BCUT2D eigenvalue weighted by Gasteiger charge is 2.46. The Bertz CT molecular complexity index is 1550. The first-order valence-corrected chi connectivity index (χ1v) is 16.5. The van der Waals surface area contributed by atoms with Crippen molar-refractivity contribution in [3.05, 3.63) is 81.3 Å². The van der Waals surface area contributed by atoms with E-state index >= 15 is 0 Å². The zero-order valence-corrected chi connectivity index (χ0v) is 31.1. The van der Waals surface area contributed by atoms with Crippen molar-refractivity contribution in [2.75, 3.05) is 13.2 Å². The van der Waals surface area contributed by atoms with Gasteiger partial charge in [-0.05, 0) is 58.8 Å². The number of hydrogen-bond donors (Lipinski definition) is 0. The van der Waals surface area contributed by atoms with Crippen molar-refractivity contribution in [3.63, 3.8) is 0 Å². The minimum Gasteiger partial charge on any atom is -0.462 e. The van der Waals surface area contributed by atoms with Gasteiger partial charge in [-0.2, -0.15) is 0 Å². The van der Waals surface area contributed by atoms with Crippen molar-refractivity contribution >= 4 is 23.5 Å². The second-order valence-electron chi connectivity index (χ2n) is 16.1. The van der Waals surface area contributed by atoms with Crippen LogP contribution in [0.3, 0.4) is 0 Å². The second kappa shape index (κ2) is 13.7. The molecule has 0 fully saturated rings. The molecule has 8 nitrogen and oxygen atoms in total. The highest BCUT2D eigenvalue weighted by molar-refractivity contribution is 6.38. The van der Waals surface area contributed by atoms with Crippen molar-refractivity contribution in [1.82, 2.24) is 0 Å². The molecule has 3 rings (SSSR count). The van der Waals surface area contributed by atoms with Gasteiger partial charge >= 0.3 is 11.9 Å². The number of benzene rings is 2. The lowest BCUT2D eigenvalue weighted by atomic mass is 9.80. The Hall–Kier alpha value is -4.20. The molecule has 0 heterocycles. The van der Waals surface area contributed by atoms with Gasteiger partial charge in [0, 0.05) is 11.1 Å².